The first-order chi connectivity index (χ1) is 12.0. The van der Waals surface area contributed by atoms with Gasteiger partial charge in [-0.05, 0) is 35.9 Å². The number of benzene rings is 2. The van der Waals surface area contributed by atoms with E-state index in [1.807, 2.05) is 24.3 Å². The molecule has 6 nitrogen and oxygen atoms in total. The molecule has 2 aromatic carbocycles. The van der Waals surface area contributed by atoms with E-state index in [2.05, 4.69) is 15.6 Å². The molecular formula is C18H16ClN3O3. The van der Waals surface area contributed by atoms with Crippen LogP contribution in [0, 0.1) is 0 Å². The molecule has 0 radical (unpaired) electrons. The lowest BCUT2D eigenvalue weighted by Gasteiger charge is -2.15. The SMILES string of the molecule is O=C(Nc1ccc(Cl)cc1)N[C@@H](Cc1c[nH]c2ccccc12)C(=O)O. The molecule has 0 bridgehead atoms. The number of fused-ring (bicyclic) bond motifs is 1. The summed E-state index contributed by atoms with van der Waals surface area (Å²) in [5.74, 6) is -1.10. The minimum absolute atomic E-state index is 0.174. The summed E-state index contributed by atoms with van der Waals surface area (Å²) >= 11 is 5.79. The molecule has 0 fully saturated rings. The number of carbonyl (C=O) groups is 2. The van der Waals surface area contributed by atoms with Crippen LogP contribution in [0.25, 0.3) is 10.9 Å². The van der Waals surface area contributed by atoms with Gasteiger partial charge in [0.05, 0.1) is 0 Å². The molecule has 1 heterocycles. The lowest BCUT2D eigenvalue weighted by Crippen LogP contribution is -2.44. The quantitative estimate of drug-likeness (QED) is 0.561. The van der Waals surface area contributed by atoms with Crippen LogP contribution in [0.1, 0.15) is 5.56 Å². The van der Waals surface area contributed by atoms with Crippen molar-refractivity contribution in [2.24, 2.45) is 0 Å². The molecule has 1 atom stereocenters. The topological polar surface area (TPSA) is 94.2 Å². The number of halogens is 1. The number of amides is 2. The Morgan fingerprint density at radius 2 is 1.84 bits per heavy atom. The first-order valence-corrected chi connectivity index (χ1v) is 8.01. The molecule has 0 aliphatic carbocycles. The van der Waals surface area contributed by atoms with Gasteiger partial charge in [0.2, 0.25) is 0 Å². The largest absolute Gasteiger partial charge is 0.480 e. The van der Waals surface area contributed by atoms with Crippen LogP contribution in [-0.4, -0.2) is 28.1 Å². The van der Waals surface area contributed by atoms with Gasteiger partial charge in [-0.15, -0.1) is 0 Å². The number of H-pyrrole nitrogens is 1. The van der Waals surface area contributed by atoms with E-state index < -0.39 is 18.0 Å². The van der Waals surface area contributed by atoms with Gasteiger partial charge in [0.15, 0.2) is 0 Å². The monoisotopic (exact) mass is 357 g/mol. The Kier molecular flexibility index (Phi) is 4.90. The second-order valence-electron chi connectivity index (χ2n) is 5.56. The number of aromatic nitrogens is 1. The molecule has 4 N–H and O–H groups in total. The first kappa shape index (κ1) is 16.9. The fraction of sp³-hybridized carbons (Fsp3) is 0.111. The maximum Gasteiger partial charge on any atom is 0.326 e. The van der Waals surface area contributed by atoms with Gasteiger partial charge in [0, 0.05) is 34.2 Å². The highest BCUT2D eigenvalue weighted by molar-refractivity contribution is 6.30. The molecule has 3 rings (SSSR count). The van der Waals surface area contributed by atoms with Crippen LogP contribution in [0.15, 0.2) is 54.7 Å². The van der Waals surface area contributed by atoms with Crippen LogP contribution in [-0.2, 0) is 11.2 Å². The number of aromatic amines is 1. The second-order valence-corrected chi connectivity index (χ2v) is 6.00. The zero-order valence-corrected chi connectivity index (χ0v) is 13.9. The molecule has 128 valence electrons. The van der Waals surface area contributed by atoms with Crippen molar-refractivity contribution < 1.29 is 14.7 Å². The molecule has 2 amide bonds. The van der Waals surface area contributed by atoms with Crippen molar-refractivity contribution in [1.82, 2.24) is 10.3 Å². The van der Waals surface area contributed by atoms with Crippen molar-refractivity contribution in [2.75, 3.05) is 5.32 Å². The molecule has 0 saturated heterocycles. The van der Waals surface area contributed by atoms with Crippen LogP contribution < -0.4 is 10.6 Å². The van der Waals surface area contributed by atoms with Crippen molar-refractivity contribution in [3.8, 4) is 0 Å². The molecule has 0 unspecified atom stereocenters. The van der Waals surface area contributed by atoms with Gasteiger partial charge in [0.25, 0.3) is 0 Å². The molecule has 0 aliphatic heterocycles. The summed E-state index contributed by atoms with van der Waals surface area (Å²) in [6.45, 7) is 0. The summed E-state index contributed by atoms with van der Waals surface area (Å²) in [5.41, 5.74) is 2.28. The number of aliphatic carboxylic acids is 1. The summed E-state index contributed by atoms with van der Waals surface area (Å²) in [5, 5.41) is 16.0. The van der Waals surface area contributed by atoms with E-state index in [9.17, 15) is 14.7 Å². The highest BCUT2D eigenvalue weighted by atomic mass is 35.5. The lowest BCUT2D eigenvalue weighted by molar-refractivity contribution is -0.139. The molecule has 7 heteroatoms. The summed E-state index contributed by atoms with van der Waals surface area (Å²) < 4.78 is 0. The maximum absolute atomic E-state index is 12.1. The summed E-state index contributed by atoms with van der Waals surface area (Å²) in [6.07, 6.45) is 1.94. The second kappa shape index (κ2) is 7.27. The van der Waals surface area contributed by atoms with E-state index in [0.29, 0.717) is 10.7 Å². The Hall–Kier alpha value is -2.99. The molecule has 0 saturated carbocycles. The number of carboxylic acid groups (broad SMARTS) is 1. The smallest absolute Gasteiger partial charge is 0.326 e. The van der Waals surface area contributed by atoms with Crippen molar-refractivity contribution >= 4 is 40.2 Å². The predicted octanol–water partition coefficient (Wildman–Crippen LogP) is 3.64. The summed E-state index contributed by atoms with van der Waals surface area (Å²) in [6, 6.07) is 12.5. The highest BCUT2D eigenvalue weighted by Gasteiger charge is 2.21. The first-order valence-electron chi connectivity index (χ1n) is 7.64. The van der Waals surface area contributed by atoms with E-state index in [4.69, 9.17) is 11.6 Å². The van der Waals surface area contributed by atoms with E-state index in [1.54, 1.807) is 30.5 Å². The zero-order chi connectivity index (χ0) is 17.8. The zero-order valence-electron chi connectivity index (χ0n) is 13.1. The number of nitrogens with one attached hydrogen (secondary N) is 3. The van der Waals surface area contributed by atoms with Crippen LogP contribution in [0.4, 0.5) is 10.5 Å². The Morgan fingerprint density at radius 1 is 1.12 bits per heavy atom. The van der Waals surface area contributed by atoms with E-state index in [-0.39, 0.29) is 6.42 Å². The predicted molar refractivity (Wildman–Crippen MR) is 97.0 cm³/mol. The van der Waals surface area contributed by atoms with Crippen molar-refractivity contribution in [3.05, 3.63) is 65.3 Å². The van der Waals surface area contributed by atoms with Gasteiger partial charge in [-0.2, -0.15) is 0 Å². The highest BCUT2D eigenvalue weighted by Crippen LogP contribution is 2.19. The van der Waals surface area contributed by atoms with E-state index in [1.165, 1.54) is 0 Å². The molecular weight excluding hydrogens is 342 g/mol. The van der Waals surface area contributed by atoms with Crippen molar-refractivity contribution in [3.63, 3.8) is 0 Å². The van der Waals surface area contributed by atoms with E-state index >= 15 is 0 Å². The van der Waals surface area contributed by atoms with Crippen molar-refractivity contribution in [2.45, 2.75) is 12.5 Å². The van der Waals surface area contributed by atoms with Gasteiger partial charge in [-0.25, -0.2) is 9.59 Å². The average Bonchev–Trinajstić information content (AvgIpc) is 2.99. The Bertz CT molecular complexity index is 905. The minimum atomic E-state index is -1.10. The number of anilines is 1. The molecule has 1 aromatic heterocycles. The summed E-state index contributed by atoms with van der Waals surface area (Å²) in [7, 11) is 0. The lowest BCUT2D eigenvalue weighted by atomic mass is 10.1. The van der Waals surface area contributed by atoms with Gasteiger partial charge < -0.3 is 20.7 Å². The van der Waals surface area contributed by atoms with Crippen LogP contribution >= 0.6 is 11.6 Å². The molecule has 25 heavy (non-hydrogen) atoms. The molecule has 3 aromatic rings. The van der Waals surface area contributed by atoms with Crippen LogP contribution in [0.3, 0.4) is 0 Å². The number of urea groups is 1. The number of carbonyl (C=O) groups excluding carboxylic acids is 1. The Balaban J connectivity index is 1.69. The number of para-hydroxylation sites is 1. The number of hydrogen-bond donors (Lipinski definition) is 4. The maximum atomic E-state index is 12.1. The summed E-state index contributed by atoms with van der Waals surface area (Å²) in [4.78, 5) is 26.7. The third-order valence-corrected chi connectivity index (χ3v) is 4.06. The molecule has 0 aliphatic rings. The third-order valence-electron chi connectivity index (χ3n) is 3.80. The van der Waals surface area contributed by atoms with E-state index in [0.717, 1.165) is 16.5 Å². The van der Waals surface area contributed by atoms with Crippen LogP contribution in [0.2, 0.25) is 5.02 Å². The van der Waals surface area contributed by atoms with Gasteiger partial charge >= 0.3 is 12.0 Å². The fourth-order valence-electron chi connectivity index (χ4n) is 2.58. The number of hydrogen-bond acceptors (Lipinski definition) is 2. The standard InChI is InChI=1S/C18H16ClN3O3/c19-12-5-7-13(8-6-12)21-18(25)22-16(17(23)24)9-11-10-20-15-4-2-1-3-14(11)15/h1-8,10,16,20H,9H2,(H,23,24)(H2,21,22,25)/t16-/m0/s1. The van der Waals surface area contributed by atoms with Crippen molar-refractivity contribution in [1.29, 1.82) is 0 Å². The average molecular weight is 358 g/mol. The Morgan fingerprint density at radius 3 is 2.56 bits per heavy atom. The normalized spacial score (nSPS) is 11.9. The number of carboxylic acids is 1. The van der Waals surface area contributed by atoms with Gasteiger partial charge in [-0.1, -0.05) is 29.8 Å². The minimum Gasteiger partial charge on any atom is -0.480 e. The fourth-order valence-corrected chi connectivity index (χ4v) is 2.71. The van der Waals surface area contributed by atoms with Crippen LogP contribution in [0.5, 0.6) is 0 Å². The molecule has 0 spiro atoms. The Labute approximate surface area is 148 Å². The van der Waals surface area contributed by atoms with Gasteiger partial charge in [0.1, 0.15) is 6.04 Å². The van der Waals surface area contributed by atoms with Gasteiger partial charge in [-0.3, -0.25) is 0 Å². The third kappa shape index (κ3) is 4.10. The number of rotatable bonds is 5.